The van der Waals surface area contributed by atoms with Crippen LogP contribution in [0.4, 0.5) is 5.82 Å². The Morgan fingerprint density at radius 1 is 1.19 bits per heavy atom. The van der Waals surface area contributed by atoms with Crippen molar-refractivity contribution in [3.05, 3.63) is 52.6 Å². The van der Waals surface area contributed by atoms with Gasteiger partial charge < -0.3 is 11.5 Å². The Morgan fingerprint density at radius 2 is 1.90 bits per heavy atom. The van der Waals surface area contributed by atoms with Gasteiger partial charge in [0.25, 0.3) is 0 Å². The highest BCUT2D eigenvalue weighted by molar-refractivity contribution is 5.36. The zero-order valence-corrected chi connectivity index (χ0v) is 11.8. The standard InChI is InChI=1S/C15H19N5O/c16-7-12-9-19(10-12)8-11-1-3-13(4-2-11)20-6-5-14(17)18-15(20)21/h1-6,12H,7-10,16H2,(H2,17,18,21). The molecule has 0 saturated carbocycles. The van der Waals surface area contributed by atoms with E-state index in [4.69, 9.17) is 11.5 Å². The maximum absolute atomic E-state index is 11.8. The summed E-state index contributed by atoms with van der Waals surface area (Å²) in [7, 11) is 0. The smallest absolute Gasteiger partial charge is 0.354 e. The van der Waals surface area contributed by atoms with E-state index in [0.29, 0.717) is 5.92 Å². The van der Waals surface area contributed by atoms with Gasteiger partial charge in [-0.25, -0.2) is 4.79 Å². The van der Waals surface area contributed by atoms with Gasteiger partial charge in [-0.1, -0.05) is 12.1 Å². The summed E-state index contributed by atoms with van der Waals surface area (Å²) >= 11 is 0. The number of aromatic nitrogens is 2. The first-order chi connectivity index (χ1) is 10.2. The van der Waals surface area contributed by atoms with Crippen LogP contribution >= 0.6 is 0 Å². The lowest BCUT2D eigenvalue weighted by molar-refractivity contribution is 0.0979. The highest BCUT2D eigenvalue weighted by Gasteiger charge is 2.24. The van der Waals surface area contributed by atoms with E-state index >= 15 is 0 Å². The Labute approximate surface area is 123 Å². The average Bonchev–Trinajstić information content (AvgIpc) is 2.43. The largest absolute Gasteiger partial charge is 0.383 e. The second kappa shape index (κ2) is 5.67. The van der Waals surface area contributed by atoms with Gasteiger partial charge in [0.05, 0.1) is 5.69 Å². The highest BCUT2D eigenvalue weighted by Crippen LogP contribution is 2.18. The Morgan fingerprint density at radius 3 is 2.52 bits per heavy atom. The lowest BCUT2D eigenvalue weighted by Crippen LogP contribution is -2.49. The number of rotatable bonds is 4. The fourth-order valence-corrected chi connectivity index (χ4v) is 2.59. The normalized spacial score (nSPS) is 15.9. The molecule has 1 fully saturated rings. The van der Waals surface area contributed by atoms with Gasteiger partial charge in [0, 0.05) is 25.8 Å². The van der Waals surface area contributed by atoms with Crippen LogP contribution in [0.2, 0.25) is 0 Å². The summed E-state index contributed by atoms with van der Waals surface area (Å²) in [5.41, 5.74) is 12.8. The lowest BCUT2D eigenvalue weighted by Gasteiger charge is -2.38. The fourth-order valence-electron chi connectivity index (χ4n) is 2.59. The van der Waals surface area contributed by atoms with Gasteiger partial charge in [-0.15, -0.1) is 0 Å². The first-order valence-electron chi connectivity index (χ1n) is 7.02. The van der Waals surface area contributed by atoms with E-state index in [1.54, 1.807) is 12.3 Å². The quantitative estimate of drug-likeness (QED) is 0.838. The first-order valence-corrected chi connectivity index (χ1v) is 7.02. The molecule has 110 valence electrons. The Hall–Kier alpha value is -2.18. The zero-order valence-electron chi connectivity index (χ0n) is 11.8. The lowest BCUT2D eigenvalue weighted by atomic mass is 9.99. The third kappa shape index (κ3) is 2.96. The summed E-state index contributed by atoms with van der Waals surface area (Å²) in [5, 5.41) is 0. The summed E-state index contributed by atoms with van der Waals surface area (Å²) in [4.78, 5) is 17.9. The number of anilines is 1. The second-order valence-corrected chi connectivity index (χ2v) is 5.47. The number of likely N-dealkylation sites (tertiary alicyclic amines) is 1. The molecule has 6 heteroatoms. The van der Waals surface area contributed by atoms with E-state index in [2.05, 4.69) is 9.88 Å². The SMILES string of the molecule is NCC1CN(Cc2ccc(-n3ccc(N)nc3=O)cc2)C1. The van der Waals surface area contributed by atoms with Gasteiger partial charge in [0.2, 0.25) is 0 Å². The van der Waals surface area contributed by atoms with Gasteiger partial charge in [-0.3, -0.25) is 9.47 Å². The van der Waals surface area contributed by atoms with Crippen molar-refractivity contribution in [3.63, 3.8) is 0 Å². The number of nitrogens with zero attached hydrogens (tertiary/aromatic N) is 3. The second-order valence-electron chi connectivity index (χ2n) is 5.47. The molecule has 1 aromatic carbocycles. The molecule has 0 aliphatic carbocycles. The molecule has 4 N–H and O–H groups in total. The van der Waals surface area contributed by atoms with Crippen molar-refractivity contribution in [1.82, 2.24) is 14.5 Å². The number of benzene rings is 1. The third-order valence-corrected chi connectivity index (χ3v) is 3.81. The van der Waals surface area contributed by atoms with Gasteiger partial charge >= 0.3 is 5.69 Å². The monoisotopic (exact) mass is 285 g/mol. The summed E-state index contributed by atoms with van der Waals surface area (Å²) in [6, 6.07) is 9.54. The van der Waals surface area contributed by atoms with Crippen LogP contribution in [-0.2, 0) is 6.54 Å². The average molecular weight is 285 g/mol. The van der Waals surface area contributed by atoms with E-state index in [0.717, 1.165) is 31.9 Å². The number of nitrogen functional groups attached to an aromatic ring is 1. The summed E-state index contributed by atoms with van der Waals surface area (Å²) in [6.45, 7) is 3.83. The molecule has 0 unspecified atom stereocenters. The van der Waals surface area contributed by atoms with Gasteiger partial charge in [-0.2, -0.15) is 4.98 Å². The molecule has 0 bridgehead atoms. The molecule has 0 amide bonds. The molecule has 0 atom stereocenters. The predicted octanol–water partition coefficient (Wildman–Crippen LogP) is 0.205. The van der Waals surface area contributed by atoms with E-state index in [1.165, 1.54) is 10.1 Å². The van der Waals surface area contributed by atoms with E-state index < -0.39 is 0 Å². The minimum absolute atomic E-state index is 0.236. The molecule has 0 radical (unpaired) electrons. The molecule has 1 aliphatic heterocycles. The van der Waals surface area contributed by atoms with Crippen molar-refractivity contribution in [2.45, 2.75) is 6.54 Å². The number of hydrogen-bond acceptors (Lipinski definition) is 5. The van der Waals surface area contributed by atoms with Crippen LogP contribution in [0.5, 0.6) is 0 Å². The summed E-state index contributed by atoms with van der Waals surface area (Å²) < 4.78 is 1.48. The molecule has 1 aliphatic rings. The number of nitrogens with two attached hydrogens (primary N) is 2. The summed E-state index contributed by atoms with van der Waals surface area (Å²) in [5.74, 6) is 0.879. The minimum atomic E-state index is -0.365. The van der Waals surface area contributed by atoms with Crippen LogP contribution < -0.4 is 17.2 Å². The first kappa shape index (κ1) is 13.8. The molecule has 3 rings (SSSR count). The zero-order chi connectivity index (χ0) is 14.8. The molecule has 2 aromatic rings. The topological polar surface area (TPSA) is 90.2 Å². The van der Waals surface area contributed by atoms with Crippen molar-refractivity contribution in [3.8, 4) is 5.69 Å². The molecule has 1 aromatic heterocycles. The van der Waals surface area contributed by atoms with Crippen molar-refractivity contribution in [1.29, 1.82) is 0 Å². The number of hydrogen-bond donors (Lipinski definition) is 2. The molecule has 2 heterocycles. The van der Waals surface area contributed by atoms with E-state index in [9.17, 15) is 4.79 Å². The Balaban J connectivity index is 1.71. The van der Waals surface area contributed by atoms with Gasteiger partial charge in [-0.05, 0) is 36.2 Å². The van der Waals surface area contributed by atoms with Crippen molar-refractivity contribution in [2.24, 2.45) is 11.7 Å². The molecular weight excluding hydrogens is 266 g/mol. The molecule has 0 spiro atoms. The van der Waals surface area contributed by atoms with Crippen LogP contribution in [0.1, 0.15) is 5.56 Å². The summed E-state index contributed by atoms with van der Waals surface area (Å²) in [6.07, 6.45) is 1.64. The third-order valence-electron chi connectivity index (χ3n) is 3.81. The predicted molar refractivity (Wildman–Crippen MR) is 82.1 cm³/mol. The van der Waals surface area contributed by atoms with Crippen LogP contribution in [-0.4, -0.2) is 34.1 Å². The molecular formula is C15H19N5O. The van der Waals surface area contributed by atoms with Crippen LogP contribution in [0.15, 0.2) is 41.3 Å². The van der Waals surface area contributed by atoms with Gasteiger partial charge in [0.1, 0.15) is 5.82 Å². The molecule has 1 saturated heterocycles. The fraction of sp³-hybridized carbons (Fsp3) is 0.333. The molecule has 21 heavy (non-hydrogen) atoms. The van der Waals surface area contributed by atoms with Crippen LogP contribution in [0, 0.1) is 5.92 Å². The van der Waals surface area contributed by atoms with Crippen molar-refractivity contribution < 1.29 is 0 Å². The Bertz CT molecular complexity index is 673. The van der Waals surface area contributed by atoms with Crippen LogP contribution in [0.25, 0.3) is 5.69 Å². The highest BCUT2D eigenvalue weighted by atomic mass is 16.1. The molecule has 6 nitrogen and oxygen atoms in total. The van der Waals surface area contributed by atoms with Crippen molar-refractivity contribution in [2.75, 3.05) is 25.4 Å². The van der Waals surface area contributed by atoms with E-state index in [1.807, 2.05) is 24.3 Å². The minimum Gasteiger partial charge on any atom is -0.383 e. The van der Waals surface area contributed by atoms with E-state index in [-0.39, 0.29) is 11.5 Å². The van der Waals surface area contributed by atoms with Gasteiger partial charge in [0.15, 0.2) is 0 Å². The van der Waals surface area contributed by atoms with Crippen LogP contribution in [0.3, 0.4) is 0 Å². The Kier molecular flexibility index (Phi) is 3.72. The van der Waals surface area contributed by atoms with Crippen molar-refractivity contribution >= 4 is 5.82 Å². The maximum Gasteiger partial charge on any atom is 0.354 e. The maximum atomic E-state index is 11.8.